The molecule has 10 nitrogen and oxygen atoms in total. The van der Waals surface area contributed by atoms with Gasteiger partial charge in [-0.05, 0) is 67.1 Å². The van der Waals surface area contributed by atoms with Gasteiger partial charge < -0.3 is 26.6 Å². The summed E-state index contributed by atoms with van der Waals surface area (Å²) in [5.41, 5.74) is 8.45. The van der Waals surface area contributed by atoms with Crippen LogP contribution >= 0.6 is 0 Å². The molecule has 0 aliphatic carbocycles. The van der Waals surface area contributed by atoms with Crippen molar-refractivity contribution in [3.8, 4) is 0 Å². The quantitative estimate of drug-likeness (QED) is 0.285. The lowest BCUT2D eigenvalue weighted by Gasteiger charge is -2.20. The summed E-state index contributed by atoms with van der Waals surface area (Å²) >= 11 is 0. The SMILES string of the molecule is N=C(N)c1ccc2c(c1)CCCCc1c(cccc1C(=O)N[C@@H](CC(=O)O)C(=O)O)C(=O)N2. The number of fused-ring (bicyclic) bond motifs is 2. The zero-order valence-corrected chi connectivity index (χ0v) is 17.7. The highest BCUT2D eigenvalue weighted by atomic mass is 16.4. The summed E-state index contributed by atoms with van der Waals surface area (Å²) in [6.07, 6.45) is 1.63. The first-order valence-corrected chi connectivity index (χ1v) is 10.3. The topological polar surface area (TPSA) is 183 Å². The van der Waals surface area contributed by atoms with Gasteiger partial charge in [-0.25, -0.2) is 4.79 Å². The number of carbonyl (C=O) groups is 4. The van der Waals surface area contributed by atoms with E-state index in [2.05, 4.69) is 10.6 Å². The van der Waals surface area contributed by atoms with Gasteiger partial charge in [0.25, 0.3) is 11.8 Å². The summed E-state index contributed by atoms with van der Waals surface area (Å²) in [6.45, 7) is 0. The molecule has 172 valence electrons. The molecular formula is C23H24N4O6. The minimum atomic E-state index is -1.60. The number of aliphatic carboxylic acids is 2. The van der Waals surface area contributed by atoms with Gasteiger partial charge in [-0.15, -0.1) is 0 Å². The smallest absolute Gasteiger partial charge is 0.326 e. The van der Waals surface area contributed by atoms with Gasteiger partial charge in [0.15, 0.2) is 0 Å². The maximum absolute atomic E-state index is 13.1. The Morgan fingerprint density at radius 2 is 1.85 bits per heavy atom. The molecule has 10 heteroatoms. The van der Waals surface area contributed by atoms with Crippen LogP contribution in [-0.2, 0) is 22.4 Å². The number of amides is 2. The van der Waals surface area contributed by atoms with Gasteiger partial charge in [-0.1, -0.05) is 6.07 Å². The number of carbonyl (C=O) groups excluding carboxylic acids is 2. The highest BCUT2D eigenvalue weighted by molar-refractivity contribution is 6.09. The first-order chi connectivity index (χ1) is 15.7. The molecule has 2 aromatic rings. The van der Waals surface area contributed by atoms with Crippen molar-refractivity contribution in [1.82, 2.24) is 5.32 Å². The van der Waals surface area contributed by atoms with E-state index in [1.54, 1.807) is 24.3 Å². The number of nitrogen functional groups attached to an aromatic ring is 1. The Hall–Kier alpha value is -4.21. The Morgan fingerprint density at radius 1 is 1.12 bits per heavy atom. The van der Waals surface area contributed by atoms with Crippen LogP contribution in [0.2, 0.25) is 0 Å². The van der Waals surface area contributed by atoms with Gasteiger partial charge in [-0.2, -0.15) is 0 Å². The van der Waals surface area contributed by atoms with Crippen molar-refractivity contribution in [2.45, 2.75) is 38.1 Å². The molecule has 1 aliphatic heterocycles. The summed E-state index contributed by atoms with van der Waals surface area (Å²) in [6, 6.07) is 8.10. The van der Waals surface area contributed by atoms with Crippen LogP contribution in [0, 0.1) is 5.41 Å². The normalized spacial score (nSPS) is 14.1. The molecule has 33 heavy (non-hydrogen) atoms. The van der Waals surface area contributed by atoms with E-state index in [1.165, 1.54) is 12.1 Å². The Morgan fingerprint density at radius 3 is 2.52 bits per heavy atom. The van der Waals surface area contributed by atoms with E-state index >= 15 is 0 Å². The number of benzene rings is 2. The van der Waals surface area contributed by atoms with Crippen LogP contribution in [0.15, 0.2) is 36.4 Å². The predicted octanol–water partition coefficient (Wildman–Crippen LogP) is 1.76. The second-order valence-electron chi connectivity index (χ2n) is 7.74. The minimum absolute atomic E-state index is 0.0650. The van der Waals surface area contributed by atoms with Crippen molar-refractivity contribution < 1.29 is 29.4 Å². The number of nitrogens with two attached hydrogens (primary N) is 1. The van der Waals surface area contributed by atoms with E-state index in [9.17, 15) is 24.3 Å². The fraction of sp³-hybridized carbons (Fsp3) is 0.261. The number of aryl methyl sites for hydroxylation is 1. The average molecular weight is 452 g/mol. The largest absolute Gasteiger partial charge is 0.481 e. The Balaban J connectivity index is 1.94. The fourth-order valence-corrected chi connectivity index (χ4v) is 3.79. The van der Waals surface area contributed by atoms with Gasteiger partial charge in [0, 0.05) is 22.4 Å². The minimum Gasteiger partial charge on any atom is -0.481 e. The standard InChI is InChI=1S/C23H24N4O6/c24-20(25)13-8-9-17-12(10-13)4-1-2-5-14-15(21(30)26-17)6-3-7-16(14)22(31)27-18(23(32)33)11-19(28)29/h3,6-10,18H,1-2,4-5,11H2,(H3,24,25)(H,26,30)(H,27,31)(H,28,29)(H,32,33)/t18-/m0/s1. The van der Waals surface area contributed by atoms with Crippen molar-refractivity contribution in [2.24, 2.45) is 5.73 Å². The molecule has 0 radical (unpaired) electrons. The molecule has 0 unspecified atom stereocenters. The van der Waals surface area contributed by atoms with Crippen molar-refractivity contribution in [1.29, 1.82) is 5.41 Å². The molecule has 2 aromatic carbocycles. The van der Waals surface area contributed by atoms with Gasteiger partial charge in [0.2, 0.25) is 0 Å². The summed E-state index contributed by atoms with van der Waals surface area (Å²) in [5, 5.41) is 30.9. The molecule has 7 N–H and O–H groups in total. The highest BCUT2D eigenvalue weighted by Gasteiger charge is 2.26. The third-order valence-electron chi connectivity index (χ3n) is 5.43. The molecule has 0 saturated carbocycles. The van der Waals surface area contributed by atoms with Crippen LogP contribution in [0.25, 0.3) is 0 Å². The fourth-order valence-electron chi connectivity index (χ4n) is 3.79. The molecule has 0 spiro atoms. The number of hydrogen-bond donors (Lipinski definition) is 6. The third-order valence-corrected chi connectivity index (χ3v) is 5.43. The Kier molecular flexibility index (Phi) is 7.07. The summed E-state index contributed by atoms with van der Waals surface area (Å²) < 4.78 is 0. The maximum Gasteiger partial charge on any atom is 0.326 e. The zero-order chi connectivity index (χ0) is 24.1. The monoisotopic (exact) mass is 452 g/mol. The van der Waals surface area contributed by atoms with Crippen LogP contribution in [0.5, 0.6) is 0 Å². The second-order valence-corrected chi connectivity index (χ2v) is 7.74. The predicted molar refractivity (Wildman–Crippen MR) is 120 cm³/mol. The van der Waals surface area contributed by atoms with E-state index in [1.807, 2.05) is 0 Å². The summed E-state index contributed by atoms with van der Waals surface area (Å²) in [5.74, 6) is -4.07. The van der Waals surface area contributed by atoms with Crippen molar-refractivity contribution in [3.63, 3.8) is 0 Å². The number of nitrogens with one attached hydrogen (secondary N) is 3. The third kappa shape index (κ3) is 5.53. The molecule has 2 amide bonds. The summed E-state index contributed by atoms with van der Waals surface area (Å²) in [7, 11) is 0. The van der Waals surface area contributed by atoms with Crippen LogP contribution in [0.3, 0.4) is 0 Å². The lowest BCUT2D eigenvalue weighted by molar-refractivity contribution is -0.145. The van der Waals surface area contributed by atoms with E-state index in [4.69, 9.17) is 16.2 Å². The molecule has 0 saturated heterocycles. The van der Waals surface area contributed by atoms with Crippen LogP contribution in [-0.4, -0.2) is 45.8 Å². The Labute approximate surface area is 189 Å². The number of hydrogen-bond acceptors (Lipinski definition) is 5. The van der Waals surface area contributed by atoms with Crippen molar-refractivity contribution in [2.75, 3.05) is 5.32 Å². The number of rotatable bonds is 6. The molecule has 0 bridgehead atoms. The number of anilines is 1. The molecule has 3 rings (SSSR count). The van der Waals surface area contributed by atoms with Crippen molar-refractivity contribution in [3.05, 3.63) is 64.2 Å². The van der Waals surface area contributed by atoms with Crippen LogP contribution in [0.4, 0.5) is 5.69 Å². The molecule has 0 fully saturated rings. The van der Waals surface area contributed by atoms with Gasteiger partial charge in [0.05, 0.1) is 6.42 Å². The average Bonchev–Trinajstić information content (AvgIpc) is 2.76. The number of carboxylic acid groups (broad SMARTS) is 2. The molecule has 1 aliphatic rings. The van der Waals surface area contributed by atoms with E-state index in [0.29, 0.717) is 36.1 Å². The lowest BCUT2D eigenvalue weighted by atomic mass is 9.92. The van der Waals surface area contributed by atoms with Gasteiger partial charge >= 0.3 is 11.9 Å². The van der Waals surface area contributed by atoms with Crippen LogP contribution < -0.4 is 16.4 Å². The van der Waals surface area contributed by atoms with E-state index in [-0.39, 0.29) is 17.0 Å². The molecule has 1 heterocycles. The van der Waals surface area contributed by atoms with Crippen molar-refractivity contribution >= 4 is 35.3 Å². The van der Waals surface area contributed by atoms with E-state index < -0.39 is 36.2 Å². The van der Waals surface area contributed by atoms with Gasteiger partial charge in [-0.3, -0.25) is 19.8 Å². The van der Waals surface area contributed by atoms with E-state index in [0.717, 1.165) is 12.0 Å². The first kappa shape index (κ1) is 23.5. The van der Waals surface area contributed by atoms with Crippen LogP contribution in [0.1, 0.15) is 56.7 Å². The Bertz CT molecular complexity index is 1140. The lowest BCUT2D eigenvalue weighted by Crippen LogP contribution is -2.42. The number of amidine groups is 1. The maximum atomic E-state index is 13.1. The zero-order valence-electron chi connectivity index (χ0n) is 17.7. The molecule has 0 aromatic heterocycles. The number of carboxylic acids is 2. The second kappa shape index (κ2) is 9.94. The molecule has 1 atom stereocenters. The summed E-state index contributed by atoms with van der Waals surface area (Å²) in [4.78, 5) is 48.2. The first-order valence-electron chi connectivity index (χ1n) is 10.3. The highest BCUT2D eigenvalue weighted by Crippen LogP contribution is 2.26. The molecular weight excluding hydrogens is 428 g/mol. The van der Waals surface area contributed by atoms with Gasteiger partial charge in [0.1, 0.15) is 11.9 Å².